The van der Waals surface area contributed by atoms with Crippen molar-refractivity contribution in [2.45, 2.75) is 64.2 Å². The maximum atomic E-state index is 3.79. The molecule has 0 aliphatic carbocycles. The molecule has 0 radical (unpaired) electrons. The van der Waals surface area contributed by atoms with Gasteiger partial charge in [-0.05, 0) is 114 Å². The van der Waals surface area contributed by atoms with Crippen molar-refractivity contribution < 1.29 is 0 Å². The maximum Gasteiger partial charge on any atom is 0.0458 e. The number of para-hydroxylation sites is 2. The minimum absolute atomic E-state index is 1.15. The molecule has 0 unspecified atom stereocenters. The summed E-state index contributed by atoms with van der Waals surface area (Å²) in [6.07, 6.45) is 12.6. The van der Waals surface area contributed by atoms with Gasteiger partial charge < -0.3 is 19.8 Å². The third kappa shape index (κ3) is 5.26. The third-order valence-electron chi connectivity index (χ3n) is 8.66. The number of fused-ring (bicyclic) bond motifs is 2. The molecule has 4 nitrogen and oxygen atoms in total. The minimum atomic E-state index is 1.15. The van der Waals surface area contributed by atoms with Crippen molar-refractivity contribution >= 4 is 21.8 Å². The van der Waals surface area contributed by atoms with Gasteiger partial charge in [0.05, 0.1) is 0 Å². The number of likely N-dealkylation sites (tertiary alicyclic amines) is 2. The molecule has 2 aliphatic heterocycles. The molecule has 2 saturated heterocycles. The Balaban J connectivity index is 1.11. The first-order chi connectivity index (χ1) is 17.8. The lowest BCUT2D eigenvalue weighted by Gasteiger charge is -2.15. The van der Waals surface area contributed by atoms with Gasteiger partial charge in [-0.2, -0.15) is 0 Å². The Bertz CT molecular complexity index is 1170. The maximum absolute atomic E-state index is 3.79. The molecule has 2 aliphatic rings. The Morgan fingerprint density at radius 2 is 0.944 bits per heavy atom. The van der Waals surface area contributed by atoms with Gasteiger partial charge in [0.25, 0.3) is 0 Å². The molecule has 2 aromatic carbocycles. The number of aromatic nitrogens is 2. The zero-order valence-corrected chi connectivity index (χ0v) is 21.8. The fraction of sp³-hybridized carbons (Fsp3) is 0.500. The average molecular weight is 483 g/mol. The lowest BCUT2D eigenvalue weighted by Crippen LogP contribution is -2.22. The van der Waals surface area contributed by atoms with E-state index in [9.17, 15) is 0 Å². The van der Waals surface area contributed by atoms with Gasteiger partial charge in [-0.25, -0.2) is 0 Å². The van der Waals surface area contributed by atoms with Gasteiger partial charge in [0.1, 0.15) is 0 Å². The second-order valence-electron chi connectivity index (χ2n) is 11.1. The second kappa shape index (κ2) is 11.2. The Hall–Kier alpha value is -2.56. The number of nitrogens with zero attached hydrogens (tertiary/aromatic N) is 2. The molecule has 0 amide bonds. The van der Waals surface area contributed by atoms with Crippen molar-refractivity contribution in [1.29, 1.82) is 0 Å². The predicted octanol–water partition coefficient (Wildman–Crippen LogP) is 6.49. The van der Waals surface area contributed by atoms with E-state index in [4.69, 9.17) is 0 Å². The van der Waals surface area contributed by atoms with E-state index in [1.807, 2.05) is 0 Å². The Morgan fingerprint density at radius 3 is 1.39 bits per heavy atom. The zero-order chi connectivity index (χ0) is 24.2. The number of H-pyrrole nitrogens is 2. The van der Waals surface area contributed by atoms with Crippen LogP contribution in [0.3, 0.4) is 0 Å². The van der Waals surface area contributed by atoms with Crippen LogP contribution in [-0.2, 0) is 25.7 Å². The Morgan fingerprint density at radius 1 is 0.528 bits per heavy atom. The number of aryl methyl sites for hydroxylation is 2. The summed E-state index contributed by atoms with van der Waals surface area (Å²) in [6.45, 7) is 7.52. The summed E-state index contributed by atoms with van der Waals surface area (Å²) in [5.41, 5.74) is 8.69. The van der Waals surface area contributed by atoms with Crippen LogP contribution in [0.4, 0.5) is 0 Å². The van der Waals surface area contributed by atoms with Gasteiger partial charge >= 0.3 is 0 Å². The number of rotatable bonds is 11. The van der Waals surface area contributed by atoms with Crippen molar-refractivity contribution in [2.24, 2.45) is 0 Å². The van der Waals surface area contributed by atoms with Crippen LogP contribution in [0, 0.1) is 0 Å². The Labute approximate surface area is 216 Å². The van der Waals surface area contributed by atoms with Gasteiger partial charge in [-0.1, -0.05) is 36.4 Å². The van der Waals surface area contributed by atoms with Crippen LogP contribution in [0.1, 0.15) is 61.0 Å². The molecule has 0 saturated carbocycles. The summed E-state index contributed by atoms with van der Waals surface area (Å²) < 4.78 is 0. The molecular formula is C32H42N4. The highest BCUT2D eigenvalue weighted by atomic mass is 15.1. The van der Waals surface area contributed by atoms with Gasteiger partial charge in [-0.15, -0.1) is 0 Å². The molecule has 36 heavy (non-hydrogen) atoms. The lowest BCUT2D eigenvalue weighted by molar-refractivity contribution is 0.343. The minimum Gasteiger partial charge on any atom is -0.358 e. The first-order valence-corrected chi connectivity index (χ1v) is 14.5. The molecule has 190 valence electrons. The number of hydrogen-bond acceptors (Lipinski definition) is 2. The van der Waals surface area contributed by atoms with E-state index in [-0.39, 0.29) is 0 Å². The van der Waals surface area contributed by atoms with E-state index in [1.165, 1.54) is 124 Å². The molecule has 4 heteroatoms. The van der Waals surface area contributed by atoms with Crippen LogP contribution in [0.2, 0.25) is 0 Å². The molecule has 4 heterocycles. The number of hydrogen-bond donors (Lipinski definition) is 2. The zero-order valence-electron chi connectivity index (χ0n) is 21.8. The van der Waals surface area contributed by atoms with Crippen LogP contribution in [0.15, 0.2) is 48.5 Å². The first kappa shape index (κ1) is 23.8. The lowest BCUT2D eigenvalue weighted by atomic mass is 10.0. The average Bonchev–Trinajstić information content (AvgIpc) is 3.71. The molecule has 2 aromatic heterocycles. The molecule has 2 fully saturated rings. The van der Waals surface area contributed by atoms with Gasteiger partial charge in [0.2, 0.25) is 0 Å². The number of benzene rings is 2. The highest BCUT2D eigenvalue weighted by Gasteiger charge is 2.17. The standard InChI is InChI=1S/C32H42N4/c1-3-13-29-25(11-1)27(17-23-35-19-7-8-20-35)31(33-29)15-5-6-16-32-28(18-24-36-21-9-10-22-36)26-12-2-4-14-30(26)34-32/h1-4,11-14,33-34H,5-10,15-24H2. The fourth-order valence-corrected chi connectivity index (χ4v) is 6.67. The van der Waals surface area contributed by atoms with Crippen molar-refractivity contribution in [3.8, 4) is 0 Å². The number of aromatic amines is 2. The van der Waals surface area contributed by atoms with Crippen LogP contribution in [0.5, 0.6) is 0 Å². The van der Waals surface area contributed by atoms with Gasteiger partial charge in [0, 0.05) is 46.3 Å². The van der Waals surface area contributed by atoms with Gasteiger partial charge in [0.15, 0.2) is 0 Å². The Kier molecular flexibility index (Phi) is 7.43. The smallest absolute Gasteiger partial charge is 0.0458 e. The van der Waals surface area contributed by atoms with E-state index in [0.717, 1.165) is 12.8 Å². The van der Waals surface area contributed by atoms with Crippen LogP contribution in [-0.4, -0.2) is 59.0 Å². The van der Waals surface area contributed by atoms with Gasteiger partial charge in [-0.3, -0.25) is 0 Å². The molecule has 0 atom stereocenters. The topological polar surface area (TPSA) is 38.1 Å². The van der Waals surface area contributed by atoms with Crippen molar-refractivity contribution in [2.75, 3.05) is 39.3 Å². The van der Waals surface area contributed by atoms with E-state index >= 15 is 0 Å². The highest BCUT2D eigenvalue weighted by molar-refractivity contribution is 5.85. The summed E-state index contributed by atoms with van der Waals surface area (Å²) in [6, 6.07) is 17.8. The number of nitrogens with one attached hydrogen (secondary N) is 2. The van der Waals surface area contributed by atoms with Crippen LogP contribution >= 0.6 is 0 Å². The number of unbranched alkanes of at least 4 members (excludes halogenated alkanes) is 1. The van der Waals surface area contributed by atoms with Crippen LogP contribution < -0.4 is 0 Å². The molecule has 4 aromatic rings. The molecular weight excluding hydrogens is 440 g/mol. The quantitative estimate of drug-likeness (QED) is 0.240. The van der Waals surface area contributed by atoms with Crippen molar-refractivity contribution in [3.63, 3.8) is 0 Å². The van der Waals surface area contributed by atoms with Crippen molar-refractivity contribution in [3.05, 3.63) is 71.0 Å². The molecule has 6 rings (SSSR count). The summed E-state index contributed by atoms with van der Waals surface area (Å²) in [5.74, 6) is 0. The highest BCUT2D eigenvalue weighted by Crippen LogP contribution is 2.27. The van der Waals surface area contributed by atoms with E-state index in [0.29, 0.717) is 0 Å². The normalized spacial score (nSPS) is 17.2. The third-order valence-corrected chi connectivity index (χ3v) is 8.66. The van der Waals surface area contributed by atoms with Crippen LogP contribution in [0.25, 0.3) is 21.8 Å². The van der Waals surface area contributed by atoms with E-state index in [2.05, 4.69) is 68.3 Å². The predicted molar refractivity (Wildman–Crippen MR) is 152 cm³/mol. The molecule has 2 N–H and O–H groups in total. The molecule has 0 spiro atoms. The summed E-state index contributed by atoms with van der Waals surface area (Å²) >= 11 is 0. The van der Waals surface area contributed by atoms with E-state index in [1.54, 1.807) is 11.1 Å². The van der Waals surface area contributed by atoms with Crippen molar-refractivity contribution in [1.82, 2.24) is 19.8 Å². The largest absolute Gasteiger partial charge is 0.358 e. The monoisotopic (exact) mass is 482 g/mol. The SMILES string of the molecule is c1ccc2c(CCN3CCCC3)c(CCCCc3[nH]c4ccccc4c3CCN3CCCC3)[nH]c2c1. The second-order valence-corrected chi connectivity index (χ2v) is 11.1. The summed E-state index contributed by atoms with van der Waals surface area (Å²) in [5, 5.41) is 2.87. The first-order valence-electron chi connectivity index (χ1n) is 14.5. The van der Waals surface area contributed by atoms with E-state index < -0.39 is 0 Å². The summed E-state index contributed by atoms with van der Waals surface area (Å²) in [4.78, 5) is 12.9. The fourth-order valence-electron chi connectivity index (χ4n) is 6.67. The summed E-state index contributed by atoms with van der Waals surface area (Å²) in [7, 11) is 0. The molecule has 0 bridgehead atoms.